The fourth-order valence-electron chi connectivity index (χ4n) is 3.52. The summed E-state index contributed by atoms with van der Waals surface area (Å²) in [4.78, 5) is 16.1. The molecule has 1 atom stereocenters. The van der Waals surface area contributed by atoms with E-state index in [1.807, 2.05) is 48.5 Å². The zero-order valence-corrected chi connectivity index (χ0v) is 16.3. The number of nitrogens with one attached hydrogen (secondary N) is 1. The molecule has 4 aromatic rings. The lowest BCUT2D eigenvalue weighted by atomic mass is 10.1. The van der Waals surface area contributed by atoms with E-state index in [1.165, 1.54) is 18.2 Å². The van der Waals surface area contributed by atoms with Crippen molar-refractivity contribution >= 4 is 23.0 Å². The van der Waals surface area contributed by atoms with Crippen molar-refractivity contribution in [2.45, 2.75) is 13.0 Å². The molecule has 2 N–H and O–H groups in total. The molecular formula is C24H20FN3O2. The zero-order chi connectivity index (χ0) is 21.1. The molecule has 1 amide bonds. The van der Waals surface area contributed by atoms with Gasteiger partial charge in [0, 0.05) is 11.6 Å². The van der Waals surface area contributed by atoms with Crippen LogP contribution < -0.4 is 5.48 Å². The van der Waals surface area contributed by atoms with Gasteiger partial charge in [0.15, 0.2) is 0 Å². The highest BCUT2D eigenvalue weighted by atomic mass is 19.1. The van der Waals surface area contributed by atoms with Crippen molar-refractivity contribution in [3.05, 3.63) is 95.8 Å². The smallest absolute Gasteiger partial charge is 0.267 e. The van der Waals surface area contributed by atoms with E-state index in [9.17, 15) is 9.18 Å². The highest BCUT2D eigenvalue weighted by molar-refractivity contribution is 5.91. The van der Waals surface area contributed by atoms with Crippen molar-refractivity contribution in [1.82, 2.24) is 15.0 Å². The summed E-state index contributed by atoms with van der Waals surface area (Å²) >= 11 is 0. The maximum atomic E-state index is 13.4. The molecule has 0 saturated heterocycles. The fourth-order valence-corrected chi connectivity index (χ4v) is 3.52. The van der Waals surface area contributed by atoms with Crippen LogP contribution in [0, 0.1) is 5.82 Å². The predicted molar refractivity (Wildman–Crippen MR) is 114 cm³/mol. The first-order valence-corrected chi connectivity index (χ1v) is 9.52. The number of hydrogen-bond donors (Lipinski definition) is 2. The van der Waals surface area contributed by atoms with Crippen molar-refractivity contribution in [2.75, 3.05) is 0 Å². The minimum atomic E-state index is -0.599. The molecule has 150 valence electrons. The molecule has 0 aliphatic heterocycles. The summed E-state index contributed by atoms with van der Waals surface area (Å²) in [5.74, 6) is -0.0967. The zero-order valence-electron chi connectivity index (χ0n) is 16.3. The number of hydroxylamine groups is 1. The quantitative estimate of drug-likeness (QED) is 0.282. The van der Waals surface area contributed by atoms with Crippen LogP contribution in [0.4, 0.5) is 4.39 Å². The molecule has 0 bridgehead atoms. The minimum absolute atomic E-state index is 0.0765. The minimum Gasteiger partial charge on any atom is -0.317 e. The van der Waals surface area contributed by atoms with Crippen molar-refractivity contribution in [3.8, 4) is 11.4 Å². The van der Waals surface area contributed by atoms with E-state index in [0.29, 0.717) is 0 Å². The second-order valence-corrected chi connectivity index (χ2v) is 6.96. The SMILES string of the molecule is C[C@H](c1ccc(F)cc1)n1c(-c2cccc(C=CC(=O)NO)c2)nc2ccccc21. The number of benzene rings is 3. The van der Waals surface area contributed by atoms with Gasteiger partial charge in [-0.05, 0) is 54.5 Å². The number of carbonyl (C=O) groups excluding carboxylic acids is 1. The van der Waals surface area contributed by atoms with Crippen molar-refractivity contribution < 1.29 is 14.4 Å². The number of halogens is 1. The standard InChI is InChI=1S/C24H20FN3O2/c1-16(18-10-12-20(25)13-11-18)28-22-8-3-2-7-21(22)26-24(28)19-6-4-5-17(15-19)9-14-23(29)27-30/h2-16,30H,1H3,(H,27,29)/t16-/m1/s1. The predicted octanol–water partition coefficient (Wildman–Crippen LogP) is 4.97. The summed E-state index contributed by atoms with van der Waals surface area (Å²) in [6.45, 7) is 2.06. The summed E-state index contributed by atoms with van der Waals surface area (Å²) in [6.07, 6.45) is 2.87. The molecule has 1 heterocycles. The third-order valence-corrected chi connectivity index (χ3v) is 5.02. The Hall–Kier alpha value is -3.77. The van der Waals surface area contributed by atoms with Crippen LogP contribution in [0.2, 0.25) is 0 Å². The summed E-state index contributed by atoms with van der Waals surface area (Å²) in [5, 5.41) is 8.66. The van der Waals surface area contributed by atoms with Crippen LogP contribution in [0.1, 0.15) is 24.1 Å². The number of nitrogens with zero attached hydrogens (tertiary/aromatic N) is 2. The molecule has 0 unspecified atom stereocenters. The van der Waals surface area contributed by atoms with Gasteiger partial charge in [-0.15, -0.1) is 0 Å². The number of para-hydroxylation sites is 2. The van der Waals surface area contributed by atoms with Crippen LogP contribution in [0.15, 0.2) is 78.9 Å². The fraction of sp³-hybridized carbons (Fsp3) is 0.0833. The molecule has 0 radical (unpaired) electrons. The Labute approximate surface area is 173 Å². The first-order valence-electron chi connectivity index (χ1n) is 9.52. The van der Waals surface area contributed by atoms with Crippen molar-refractivity contribution in [1.29, 1.82) is 0 Å². The maximum Gasteiger partial charge on any atom is 0.267 e. The number of amides is 1. The second kappa shape index (κ2) is 8.31. The van der Waals surface area contributed by atoms with Gasteiger partial charge in [-0.2, -0.15) is 0 Å². The van der Waals surface area contributed by atoms with E-state index in [0.717, 1.165) is 33.5 Å². The van der Waals surface area contributed by atoms with Gasteiger partial charge in [0.05, 0.1) is 17.1 Å². The summed E-state index contributed by atoms with van der Waals surface area (Å²) in [7, 11) is 0. The molecule has 6 heteroatoms. The van der Waals surface area contributed by atoms with Gasteiger partial charge in [0.2, 0.25) is 0 Å². The van der Waals surface area contributed by atoms with Crippen LogP contribution in [0.5, 0.6) is 0 Å². The molecule has 0 aliphatic carbocycles. The largest absolute Gasteiger partial charge is 0.317 e. The van der Waals surface area contributed by atoms with Crippen LogP contribution in [0.25, 0.3) is 28.5 Å². The average Bonchev–Trinajstić information content (AvgIpc) is 3.17. The first kappa shape index (κ1) is 19.5. The Kier molecular flexibility index (Phi) is 5.41. The van der Waals surface area contributed by atoms with E-state index >= 15 is 0 Å². The van der Waals surface area contributed by atoms with Gasteiger partial charge >= 0.3 is 0 Å². The van der Waals surface area contributed by atoms with Crippen molar-refractivity contribution in [2.24, 2.45) is 0 Å². The number of fused-ring (bicyclic) bond motifs is 1. The van der Waals surface area contributed by atoms with Crippen LogP contribution >= 0.6 is 0 Å². The molecule has 30 heavy (non-hydrogen) atoms. The molecule has 5 nitrogen and oxygen atoms in total. The van der Waals surface area contributed by atoms with E-state index in [2.05, 4.69) is 11.5 Å². The molecule has 1 aromatic heterocycles. The topological polar surface area (TPSA) is 67.2 Å². The van der Waals surface area contributed by atoms with Gasteiger partial charge in [-0.1, -0.05) is 42.5 Å². The number of imidazole rings is 1. The molecule has 0 spiro atoms. The number of aromatic nitrogens is 2. The molecule has 0 saturated carbocycles. The Bertz CT molecular complexity index is 1230. The van der Waals surface area contributed by atoms with E-state index in [1.54, 1.807) is 23.7 Å². The van der Waals surface area contributed by atoms with Crippen molar-refractivity contribution in [3.63, 3.8) is 0 Å². The van der Waals surface area contributed by atoms with Gasteiger partial charge in [-0.3, -0.25) is 10.0 Å². The Morgan fingerprint density at radius 1 is 1.10 bits per heavy atom. The second-order valence-electron chi connectivity index (χ2n) is 6.96. The van der Waals surface area contributed by atoms with Crippen LogP contribution in [-0.4, -0.2) is 20.7 Å². The van der Waals surface area contributed by atoms with E-state index < -0.39 is 5.91 Å². The molecular weight excluding hydrogens is 381 g/mol. The van der Waals surface area contributed by atoms with Gasteiger partial charge < -0.3 is 4.57 Å². The molecule has 3 aromatic carbocycles. The van der Waals surface area contributed by atoms with E-state index in [-0.39, 0.29) is 11.9 Å². The van der Waals surface area contributed by atoms with Gasteiger partial charge in [0.25, 0.3) is 5.91 Å². The molecule has 0 aliphatic rings. The van der Waals surface area contributed by atoms with Crippen LogP contribution in [0.3, 0.4) is 0 Å². The van der Waals surface area contributed by atoms with Gasteiger partial charge in [-0.25, -0.2) is 14.9 Å². The number of hydrogen-bond acceptors (Lipinski definition) is 3. The molecule has 4 rings (SSSR count). The Morgan fingerprint density at radius 2 is 1.87 bits per heavy atom. The summed E-state index contributed by atoms with van der Waals surface area (Å²) in [5.41, 5.74) is 6.06. The third-order valence-electron chi connectivity index (χ3n) is 5.02. The summed E-state index contributed by atoms with van der Waals surface area (Å²) < 4.78 is 15.6. The first-order chi connectivity index (χ1) is 14.6. The number of carbonyl (C=O) groups is 1. The lowest BCUT2D eigenvalue weighted by Gasteiger charge is -2.18. The molecule has 0 fully saturated rings. The lowest BCUT2D eigenvalue weighted by Crippen LogP contribution is -2.14. The summed E-state index contributed by atoms with van der Waals surface area (Å²) in [6, 6.07) is 21.9. The van der Waals surface area contributed by atoms with Gasteiger partial charge in [0.1, 0.15) is 11.6 Å². The number of rotatable bonds is 5. The Morgan fingerprint density at radius 3 is 2.63 bits per heavy atom. The highest BCUT2D eigenvalue weighted by Crippen LogP contribution is 2.32. The highest BCUT2D eigenvalue weighted by Gasteiger charge is 2.18. The maximum absolute atomic E-state index is 13.4. The average molecular weight is 401 g/mol. The monoisotopic (exact) mass is 401 g/mol. The normalized spacial score (nSPS) is 12.4. The van der Waals surface area contributed by atoms with Crippen LogP contribution in [-0.2, 0) is 4.79 Å². The third kappa shape index (κ3) is 3.86. The Balaban J connectivity index is 1.84. The lowest BCUT2D eigenvalue weighted by molar-refractivity contribution is -0.124. The van der Waals surface area contributed by atoms with E-state index in [4.69, 9.17) is 10.2 Å².